The van der Waals surface area contributed by atoms with Gasteiger partial charge in [-0.15, -0.1) is 0 Å². The molecule has 0 bridgehead atoms. The van der Waals surface area contributed by atoms with Crippen LogP contribution < -0.4 is 15.4 Å². The van der Waals surface area contributed by atoms with Crippen molar-refractivity contribution in [3.05, 3.63) is 59.7 Å². The largest absolute Gasteiger partial charge is 0.489 e. The third-order valence-electron chi connectivity index (χ3n) is 3.93. The van der Waals surface area contributed by atoms with E-state index in [2.05, 4.69) is 10.6 Å². The number of carbonyl (C=O) groups is 1. The van der Waals surface area contributed by atoms with Crippen LogP contribution in [0.2, 0.25) is 0 Å². The van der Waals surface area contributed by atoms with E-state index in [1.54, 1.807) is 0 Å². The molecular formula is C20H26N2O3. The van der Waals surface area contributed by atoms with Crippen molar-refractivity contribution in [3.63, 3.8) is 0 Å². The summed E-state index contributed by atoms with van der Waals surface area (Å²) < 4.78 is 5.78. The molecule has 1 atom stereocenters. The van der Waals surface area contributed by atoms with Gasteiger partial charge in [-0.05, 0) is 49.1 Å². The summed E-state index contributed by atoms with van der Waals surface area (Å²) in [5.41, 5.74) is 2.77. The molecule has 0 aliphatic rings. The van der Waals surface area contributed by atoms with Gasteiger partial charge in [-0.1, -0.05) is 37.3 Å². The minimum Gasteiger partial charge on any atom is -0.489 e. The Morgan fingerprint density at radius 3 is 2.64 bits per heavy atom. The molecule has 5 heteroatoms. The highest BCUT2D eigenvalue weighted by molar-refractivity contribution is 5.90. The Morgan fingerprint density at radius 1 is 1.20 bits per heavy atom. The molecule has 1 unspecified atom stereocenters. The molecule has 2 aromatic rings. The standard InChI is InChI=1S/C20H26N2O3/c1-3-17(23)11-12-21-20(24)22-19-10-9-18(13-15(19)2)25-14-16-7-5-4-6-8-16/h4-10,13,17,23H,3,11-12,14H2,1-2H3,(H2,21,22,24). The first kappa shape index (κ1) is 18.8. The van der Waals surface area contributed by atoms with E-state index in [1.807, 2.05) is 62.4 Å². The van der Waals surface area contributed by atoms with Gasteiger partial charge in [0.25, 0.3) is 0 Å². The fraction of sp³-hybridized carbons (Fsp3) is 0.350. The number of hydrogen-bond donors (Lipinski definition) is 3. The maximum atomic E-state index is 11.9. The molecule has 2 rings (SSSR count). The minimum absolute atomic E-state index is 0.274. The fourth-order valence-corrected chi connectivity index (χ4v) is 2.33. The van der Waals surface area contributed by atoms with Crippen molar-refractivity contribution in [1.82, 2.24) is 5.32 Å². The van der Waals surface area contributed by atoms with Gasteiger partial charge in [0.15, 0.2) is 0 Å². The van der Waals surface area contributed by atoms with Crippen LogP contribution in [0.1, 0.15) is 30.9 Å². The Hall–Kier alpha value is -2.53. The van der Waals surface area contributed by atoms with Crippen LogP contribution in [0.3, 0.4) is 0 Å². The Kier molecular flexibility index (Phi) is 7.29. The highest BCUT2D eigenvalue weighted by Gasteiger charge is 2.07. The summed E-state index contributed by atoms with van der Waals surface area (Å²) in [7, 11) is 0. The van der Waals surface area contributed by atoms with Gasteiger partial charge in [0.2, 0.25) is 0 Å². The first-order chi connectivity index (χ1) is 12.1. The number of urea groups is 1. The summed E-state index contributed by atoms with van der Waals surface area (Å²) in [6, 6.07) is 15.3. The molecule has 3 N–H and O–H groups in total. The second-order valence-corrected chi connectivity index (χ2v) is 5.98. The molecule has 0 heterocycles. The number of anilines is 1. The van der Waals surface area contributed by atoms with Crippen molar-refractivity contribution in [2.45, 2.75) is 39.4 Å². The average molecular weight is 342 g/mol. The summed E-state index contributed by atoms with van der Waals surface area (Å²) in [6.45, 7) is 4.78. The molecule has 2 amide bonds. The van der Waals surface area contributed by atoms with Gasteiger partial charge in [-0.2, -0.15) is 0 Å². The summed E-state index contributed by atoms with van der Waals surface area (Å²) in [5.74, 6) is 0.762. The third-order valence-corrected chi connectivity index (χ3v) is 3.93. The van der Waals surface area contributed by atoms with Crippen LogP contribution in [-0.2, 0) is 6.61 Å². The van der Waals surface area contributed by atoms with Gasteiger partial charge in [0, 0.05) is 12.2 Å². The normalized spacial score (nSPS) is 11.6. The molecule has 0 saturated carbocycles. The maximum Gasteiger partial charge on any atom is 0.319 e. The summed E-state index contributed by atoms with van der Waals surface area (Å²) in [6.07, 6.45) is 0.866. The molecule has 0 aliphatic carbocycles. The third kappa shape index (κ3) is 6.47. The first-order valence-corrected chi connectivity index (χ1v) is 8.58. The Labute approximate surface area is 149 Å². The molecule has 0 fully saturated rings. The number of rotatable bonds is 8. The van der Waals surface area contributed by atoms with Crippen molar-refractivity contribution < 1.29 is 14.6 Å². The monoisotopic (exact) mass is 342 g/mol. The van der Waals surface area contributed by atoms with E-state index in [0.717, 1.165) is 22.6 Å². The highest BCUT2D eigenvalue weighted by atomic mass is 16.5. The number of nitrogens with one attached hydrogen (secondary N) is 2. The molecule has 0 aliphatic heterocycles. The SMILES string of the molecule is CCC(O)CCNC(=O)Nc1ccc(OCc2ccccc2)cc1C. The molecule has 0 saturated heterocycles. The van der Waals surface area contributed by atoms with Crippen LogP contribution >= 0.6 is 0 Å². The smallest absolute Gasteiger partial charge is 0.319 e. The molecule has 134 valence electrons. The Morgan fingerprint density at radius 2 is 1.96 bits per heavy atom. The van der Waals surface area contributed by atoms with Crippen LogP contribution in [0.15, 0.2) is 48.5 Å². The van der Waals surface area contributed by atoms with Crippen LogP contribution in [0.25, 0.3) is 0 Å². The van der Waals surface area contributed by atoms with Gasteiger partial charge in [-0.3, -0.25) is 0 Å². The quantitative estimate of drug-likeness (QED) is 0.682. The Bertz CT molecular complexity index is 674. The molecule has 0 aromatic heterocycles. The predicted molar refractivity (Wildman–Crippen MR) is 99.9 cm³/mol. The Balaban J connectivity index is 1.83. The van der Waals surface area contributed by atoms with Gasteiger partial charge in [-0.25, -0.2) is 4.79 Å². The molecule has 25 heavy (non-hydrogen) atoms. The van der Waals surface area contributed by atoms with Crippen molar-refractivity contribution in [1.29, 1.82) is 0 Å². The van der Waals surface area contributed by atoms with E-state index in [0.29, 0.717) is 26.0 Å². The second kappa shape index (κ2) is 9.69. The zero-order valence-corrected chi connectivity index (χ0v) is 14.8. The van der Waals surface area contributed by atoms with Gasteiger partial charge in [0.05, 0.1) is 6.10 Å². The van der Waals surface area contributed by atoms with Crippen molar-refractivity contribution in [2.75, 3.05) is 11.9 Å². The lowest BCUT2D eigenvalue weighted by Crippen LogP contribution is -2.31. The van der Waals surface area contributed by atoms with Gasteiger partial charge < -0.3 is 20.5 Å². The summed E-state index contributed by atoms with van der Waals surface area (Å²) in [5, 5.41) is 15.0. The molecule has 5 nitrogen and oxygen atoms in total. The van der Waals surface area contributed by atoms with Crippen molar-refractivity contribution in [3.8, 4) is 5.75 Å². The van der Waals surface area contributed by atoms with E-state index in [4.69, 9.17) is 4.74 Å². The molecule has 0 spiro atoms. The van der Waals surface area contributed by atoms with Crippen LogP contribution in [0.4, 0.5) is 10.5 Å². The van der Waals surface area contributed by atoms with Crippen LogP contribution in [0, 0.1) is 6.92 Å². The number of aliphatic hydroxyl groups excluding tert-OH is 1. The maximum absolute atomic E-state index is 11.9. The number of hydrogen-bond acceptors (Lipinski definition) is 3. The topological polar surface area (TPSA) is 70.6 Å². The second-order valence-electron chi connectivity index (χ2n) is 5.98. The van der Waals surface area contributed by atoms with E-state index in [1.165, 1.54) is 0 Å². The predicted octanol–water partition coefficient (Wildman–Crippen LogP) is 3.86. The fourth-order valence-electron chi connectivity index (χ4n) is 2.33. The number of ether oxygens (including phenoxy) is 1. The lowest BCUT2D eigenvalue weighted by Gasteiger charge is -2.13. The van der Waals surface area contributed by atoms with Crippen LogP contribution in [-0.4, -0.2) is 23.8 Å². The number of carbonyl (C=O) groups excluding carboxylic acids is 1. The van der Waals surface area contributed by atoms with E-state index < -0.39 is 0 Å². The van der Waals surface area contributed by atoms with Gasteiger partial charge >= 0.3 is 6.03 Å². The number of aliphatic hydroxyl groups is 1. The molecular weight excluding hydrogens is 316 g/mol. The highest BCUT2D eigenvalue weighted by Crippen LogP contribution is 2.22. The average Bonchev–Trinajstić information content (AvgIpc) is 2.62. The van der Waals surface area contributed by atoms with E-state index in [-0.39, 0.29) is 12.1 Å². The summed E-state index contributed by atoms with van der Waals surface area (Å²) >= 11 is 0. The lowest BCUT2D eigenvalue weighted by atomic mass is 10.2. The zero-order chi connectivity index (χ0) is 18.1. The van der Waals surface area contributed by atoms with Crippen molar-refractivity contribution >= 4 is 11.7 Å². The minimum atomic E-state index is -0.372. The first-order valence-electron chi connectivity index (χ1n) is 8.58. The zero-order valence-electron chi connectivity index (χ0n) is 14.8. The molecule has 2 aromatic carbocycles. The summed E-state index contributed by atoms with van der Waals surface area (Å²) in [4.78, 5) is 11.9. The van der Waals surface area contributed by atoms with E-state index in [9.17, 15) is 9.90 Å². The number of benzene rings is 2. The van der Waals surface area contributed by atoms with Crippen LogP contribution in [0.5, 0.6) is 5.75 Å². The van der Waals surface area contributed by atoms with E-state index >= 15 is 0 Å². The number of aryl methyl sites for hydroxylation is 1. The van der Waals surface area contributed by atoms with Gasteiger partial charge in [0.1, 0.15) is 12.4 Å². The lowest BCUT2D eigenvalue weighted by molar-refractivity contribution is 0.160. The molecule has 0 radical (unpaired) electrons. The van der Waals surface area contributed by atoms with Crippen molar-refractivity contribution in [2.24, 2.45) is 0 Å². The number of amides is 2.